The van der Waals surface area contributed by atoms with Gasteiger partial charge in [-0.05, 0) is 55.6 Å². The van der Waals surface area contributed by atoms with Crippen molar-refractivity contribution in [3.05, 3.63) is 35.4 Å². The molecular weight excluding hydrogens is 340 g/mol. The van der Waals surface area contributed by atoms with Crippen LogP contribution in [-0.4, -0.2) is 53.0 Å². The third kappa shape index (κ3) is 3.62. The summed E-state index contributed by atoms with van der Waals surface area (Å²) in [7, 11) is 0. The minimum absolute atomic E-state index is 0.104. The second-order valence-electron chi connectivity index (χ2n) is 8.59. The lowest BCUT2D eigenvalue weighted by Gasteiger charge is -2.48. The van der Waals surface area contributed by atoms with Crippen molar-refractivity contribution in [2.24, 2.45) is 23.7 Å². The van der Waals surface area contributed by atoms with E-state index in [0.29, 0.717) is 13.1 Å². The first-order valence-electron chi connectivity index (χ1n) is 10.3. The Morgan fingerprint density at radius 2 is 1.56 bits per heavy atom. The van der Waals surface area contributed by atoms with Gasteiger partial charge in [0.15, 0.2) is 0 Å². The van der Waals surface area contributed by atoms with E-state index in [9.17, 15) is 14.7 Å². The number of fused-ring (bicyclic) bond motifs is 3. The molecule has 146 valence electrons. The molecule has 1 aliphatic heterocycles. The maximum atomic E-state index is 13.2. The summed E-state index contributed by atoms with van der Waals surface area (Å²) in [5, 5.41) is 9.73. The third-order valence-electron chi connectivity index (χ3n) is 7.13. The third-order valence-corrected chi connectivity index (χ3v) is 7.13. The van der Waals surface area contributed by atoms with Crippen LogP contribution in [0, 0.1) is 30.6 Å². The van der Waals surface area contributed by atoms with Gasteiger partial charge < -0.3 is 10.0 Å². The van der Waals surface area contributed by atoms with Gasteiger partial charge in [-0.1, -0.05) is 24.3 Å². The molecule has 3 aliphatic carbocycles. The highest BCUT2D eigenvalue weighted by Gasteiger charge is 2.51. The van der Waals surface area contributed by atoms with E-state index in [-0.39, 0.29) is 23.7 Å². The molecule has 1 N–H and O–H groups in total. The van der Waals surface area contributed by atoms with Crippen molar-refractivity contribution in [3.63, 3.8) is 0 Å². The average molecular weight is 370 g/mol. The maximum absolute atomic E-state index is 13.2. The first kappa shape index (κ1) is 18.5. The van der Waals surface area contributed by atoms with Gasteiger partial charge in [0.05, 0.1) is 11.8 Å². The molecular formula is C22H30N2O3. The molecule has 2 unspecified atom stereocenters. The lowest BCUT2D eigenvalue weighted by Crippen LogP contribution is -2.55. The second-order valence-corrected chi connectivity index (χ2v) is 8.59. The SMILES string of the molecule is Cc1ccccc1CN1CCN(C(=O)C2C3CCC(CC3)C2C(=O)O)CC1. The van der Waals surface area contributed by atoms with Crippen molar-refractivity contribution >= 4 is 11.9 Å². The minimum atomic E-state index is -0.763. The molecule has 5 rings (SSSR count). The van der Waals surface area contributed by atoms with Gasteiger partial charge in [-0.3, -0.25) is 14.5 Å². The van der Waals surface area contributed by atoms with E-state index >= 15 is 0 Å². The van der Waals surface area contributed by atoms with Crippen molar-refractivity contribution in [1.29, 1.82) is 0 Å². The van der Waals surface area contributed by atoms with E-state index in [2.05, 4.69) is 36.1 Å². The Morgan fingerprint density at radius 1 is 0.963 bits per heavy atom. The molecule has 4 aliphatic rings. The van der Waals surface area contributed by atoms with Crippen LogP contribution in [0.5, 0.6) is 0 Å². The Labute approximate surface area is 161 Å². The molecule has 27 heavy (non-hydrogen) atoms. The second kappa shape index (κ2) is 7.63. The van der Waals surface area contributed by atoms with Gasteiger partial charge in [-0.25, -0.2) is 0 Å². The number of amides is 1. The fourth-order valence-corrected chi connectivity index (χ4v) is 5.53. The lowest BCUT2D eigenvalue weighted by molar-refractivity contribution is -0.163. The summed E-state index contributed by atoms with van der Waals surface area (Å²) >= 11 is 0. The number of piperazine rings is 1. The number of carboxylic acid groups (broad SMARTS) is 1. The normalized spacial score (nSPS) is 31.1. The highest BCUT2D eigenvalue weighted by atomic mass is 16.4. The zero-order valence-electron chi connectivity index (χ0n) is 16.1. The molecule has 0 spiro atoms. The van der Waals surface area contributed by atoms with Crippen LogP contribution in [0.2, 0.25) is 0 Å². The highest BCUT2D eigenvalue weighted by molar-refractivity contribution is 5.86. The van der Waals surface area contributed by atoms with Crippen molar-refractivity contribution in [2.45, 2.75) is 39.2 Å². The van der Waals surface area contributed by atoms with E-state index in [1.807, 2.05) is 4.90 Å². The van der Waals surface area contributed by atoms with Gasteiger partial charge in [0.1, 0.15) is 0 Å². The quantitative estimate of drug-likeness (QED) is 0.885. The maximum Gasteiger partial charge on any atom is 0.307 e. The first-order chi connectivity index (χ1) is 13.0. The summed E-state index contributed by atoms with van der Waals surface area (Å²) in [6, 6.07) is 8.45. The van der Waals surface area contributed by atoms with E-state index in [1.54, 1.807) is 0 Å². The predicted molar refractivity (Wildman–Crippen MR) is 103 cm³/mol. The lowest BCUT2D eigenvalue weighted by atomic mass is 9.58. The number of carboxylic acids is 1. The highest BCUT2D eigenvalue weighted by Crippen LogP contribution is 2.49. The van der Waals surface area contributed by atoms with Gasteiger partial charge in [-0.15, -0.1) is 0 Å². The van der Waals surface area contributed by atoms with Crippen LogP contribution >= 0.6 is 0 Å². The van der Waals surface area contributed by atoms with Crippen molar-refractivity contribution in [3.8, 4) is 0 Å². The van der Waals surface area contributed by atoms with Gasteiger partial charge in [0.25, 0.3) is 0 Å². The Hall–Kier alpha value is -1.88. The molecule has 1 amide bonds. The van der Waals surface area contributed by atoms with E-state index in [1.165, 1.54) is 11.1 Å². The summed E-state index contributed by atoms with van der Waals surface area (Å²) in [6.07, 6.45) is 4.02. The molecule has 3 saturated carbocycles. The summed E-state index contributed by atoms with van der Waals surface area (Å²) in [5.74, 6) is -0.946. The summed E-state index contributed by atoms with van der Waals surface area (Å²) in [4.78, 5) is 29.4. The molecule has 0 radical (unpaired) electrons. The summed E-state index contributed by atoms with van der Waals surface area (Å²) < 4.78 is 0. The van der Waals surface area contributed by atoms with Crippen LogP contribution in [0.4, 0.5) is 0 Å². The molecule has 5 heteroatoms. The van der Waals surface area contributed by atoms with Gasteiger partial charge in [0.2, 0.25) is 5.91 Å². The predicted octanol–water partition coefficient (Wildman–Crippen LogP) is 2.78. The van der Waals surface area contributed by atoms with Crippen molar-refractivity contribution in [1.82, 2.24) is 9.80 Å². The molecule has 1 heterocycles. The fourth-order valence-electron chi connectivity index (χ4n) is 5.53. The number of aryl methyl sites for hydroxylation is 1. The first-order valence-corrected chi connectivity index (χ1v) is 10.3. The van der Waals surface area contributed by atoms with E-state index in [0.717, 1.165) is 45.3 Å². The van der Waals surface area contributed by atoms with Crippen LogP contribution < -0.4 is 0 Å². The Morgan fingerprint density at radius 3 is 2.15 bits per heavy atom. The number of carbonyl (C=O) groups is 2. The minimum Gasteiger partial charge on any atom is -0.481 e. The molecule has 2 atom stereocenters. The van der Waals surface area contributed by atoms with Gasteiger partial charge in [0, 0.05) is 32.7 Å². The van der Waals surface area contributed by atoms with Crippen LogP contribution in [0.15, 0.2) is 24.3 Å². The fraction of sp³-hybridized carbons (Fsp3) is 0.636. The van der Waals surface area contributed by atoms with Crippen molar-refractivity contribution < 1.29 is 14.7 Å². The molecule has 4 fully saturated rings. The molecule has 1 aromatic carbocycles. The number of aliphatic carboxylic acids is 1. The average Bonchev–Trinajstić information content (AvgIpc) is 2.70. The number of rotatable bonds is 4. The Balaban J connectivity index is 1.38. The van der Waals surface area contributed by atoms with Gasteiger partial charge in [-0.2, -0.15) is 0 Å². The summed E-state index contributed by atoms with van der Waals surface area (Å²) in [6.45, 7) is 6.20. The zero-order valence-corrected chi connectivity index (χ0v) is 16.1. The molecule has 2 bridgehead atoms. The Kier molecular flexibility index (Phi) is 5.22. The number of hydrogen-bond donors (Lipinski definition) is 1. The zero-order chi connectivity index (χ0) is 19.0. The largest absolute Gasteiger partial charge is 0.481 e. The van der Waals surface area contributed by atoms with Crippen molar-refractivity contribution in [2.75, 3.05) is 26.2 Å². The van der Waals surface area contributed by atoms with Crippen LogP contribution in [0.3, 0.4) is 0 Å². The van der Waals surface area contributed by atoms with Crippen LogP contribution in [-0.2, 0) is 16.1 Å². The standard InChI is InChI=1S/C22H30N2O3/c1-15-4-2-3-5-18(15)14-23-10-12-24(13-11-23)21(25)19-16-6-8-17(9-7-16)20(19)22(26)27/h2-5,16-17,19-20H,6-14H2,1H3,(H,26,27). The summed E-state index contributed by atoms with van der Waals surface area (Å²) in [5.41, 5.74) is 2.64. The van der Waals surface area contributed by atoms with E-state index in [4.69, 9.17) is 0 Å². The van der Waals surface area contributed by atoms with E-state index < -0.39 is 11.9 Å². The smallest absolute Gasteiger partial charge is 0.307 e. The monoisotopic (exact) mass is 370 g/mol. The van der Waals surface area contributed by atoms with Gasteiger partial charge >= 0.3 is 5.97 Å². The number of benzene rings is 1. The molecule has 1 saturated heterocycles. The Bertz CT molecular complexity index is 703. The number of carbonyl (C=O) groups excluding carboxylic acids is 1. The number of nitrogens with zero attached hydrogens (tertiary/aromatic N) is 2. The topological polar surface area (TPSA) is 60.9 Å². The molecule has 1 aromatic rings. The van der Waals surface area contributed by atoms with Crippen LogP contribution in [0.25, 0.3) is 0 Å². The number of hydrogen-bond acceptors (Lipinski definition) is 3. The van der Waals surface area contributed by atoms with Crippen LogP contribution in [0.1, 0.15) is 36.8 Å². The molecule has 5 nitrogen and oxygen atoms in total. The molecule has 0 aromatic heterocycles.